The number of hydrogen-bond donors (Lipinski definition) is 2. The van der Waals surface area contributed by atoms with E-state index in [-0.39, 0.29) is 6.61 Å². The first-order valence-corrected chi connectivity index (χ1v) is 4.87. The largest absolute Gasteiger partial charge is 0.394 e. The van der Waals surface area contributed by atoms with Gasteiger partial charge in [-0.25, -0.2) is 0 Å². The van der Waals surface area contributed by atoms with Crippen LogP contribution in [0.5, 0.6) is 0 Å². The van der Waals surface area contributed by atoms with Gasteiger partial charge in [0, 0.05) is 12.1 Å². The van der Waals surface area contributed by atoms with Gasteiger partial charge in [-0.2, -0.15) is 0 Å². The quantitative estimate of drug-likeness (QED) is 0.641. The summed E-state index contributed by atoms with van der Waals surface area (Å²) in [6.45, 7) is 0.656. The molecule has 70 valence electrons. The zero-order valence-corrected chi connectivity index (χ0v) is 7.33. The van der Waals surface area contributed by atoms with Gasteiger partial charge in [0.05, 0.1) is 19.3 Å². The Labute approximate surface area is 73.1 Å². The van der Waals surface area contributed by atoms with Crippen LogP contribution in [0, 0.1) is 0 Å². The predicted octanol–water partition coefficient (Wildman–Crippen LogP) is 0.278. The Bertz CT molecular complexity index is 139. The molecule has 12 heavy (non-hydrogen) atoms. The molecule has 2 saturated heterocycles. The lowest BCUT2D eigenvalue weighted by atomic mass is 10.0. The summed E-state index contributed by atoms with van der Waals surface area (Å²) in [6, 6.07) is 1.37. The van der Waals surface area contributed by atoms with Gasteiger partial charge in [0.15, 0.2) is 0 Å². The molecule has 3 nitrogen and oxygen atoms in total. The van der Waals surface area contributed by atoms with Crippen molar-refractivity contribution in [3.8, 4) is 0 Å². The van der Waals surface area contributed by atoms with E-state index in [1.165, 1.54) is 12.8 Å². The lowest BCUT2D eigenvalue weighted by molar-refractivity contribution is 0.00221. The fraction of sp³-hybridized carbons (Fsp3) is 1.00. The molecule has 2 bridgehead atoms. The van der Waals surface area contributed by atoms with Crippen molar-refractivity contribution in [3.63, 3.8) is 0 Å². The third-order valence-corrected chi connectivity index (χ3v) is 2.87. The van der Waals surface area contributed by atoms with Crippen LogP contribution in [0.25, 0.3) is 0 Å². The van der Waals surface area contributed by atoms with Crippen molar-refractivity contribution in [3.05, 3.63) is 0 Å². The fourth-order valence-corrected chi connectivity index (χ4v) is 2.36. The highest BCUT2D eigenvalue weighted by Crippen LogP contribution is 2.28. The van der Waals surface area contributed by atoms with E-state index in [4.69, 9.17) is 9.84 Å². The van der Waals surface area contributed by atoms with E-state index in [1.54, 1.807) is 0 Å². The van der Waals surface area contributed by atoms with Crippen LogP contribution in [0.3, 0.4) is 0 Å². The van der Waals surface area contributed by atoms with E-state index < -0.39 is 0 Å². The number of hydrogen-bond acceptors (Lipinski definition) is 3. The monoisotopic (exact) mass is 171 g/mol. The molecule has 2 N–H and O–H groups in total. The van der Waals surface area contributed by atoms with Crippen molar-refractivity contribution < 1.29 is 9.84 Å². The number of nitrogens with one attached hydrogen (secondary N) is 1. The molecule has 2 rings (SSSR count). The van der Waals surface area contributed by atoms with E-state index in [0.717, 1.165) is 12.8 Å². The Morgan fingerprint density at radius 3 is 2.50 bits per heavy atom. The van der Waals surface area contributed by atoms with Crippen LogP contribution in [0.2, 0.25) is 0 Å². The predicted molar refractivity (Wildman–Crippen MR) is 46.0 cm³/mol. The summed E-state index contributed by atoms with van der Waals surface area (Å²) in [5.74, 6) is 0. The highest BCUT2D eigenvalue weighted by molar-refractivity contribution is 4.92. The Balaban J connectivity index is 1.78. The molecule has 0 spiro atoms. The lowest BCUT2D eigenvalue weighted by Crippen LogP contribution is -2.41. The summed E-state index contributed by atoms with van der Waals surface area (Å²) in [4.78, 5) is 0. The normalized spacial score (nSPS) is 40.2. The van der Waals surface area contributed by atoms with Crippen molar-refractivity contribution in [2.75, 3.05) is 13.2 Å². The number of ether oxygens (including phenoxy) is 1. The Kier molecular flexibility index (Phi) is 2.63. The zero-order chi connectivity index (χ0) is 8.39. The van der Waals surface area contributed by atoms with E-state index in [2.05, 4.69) is 5.32 Å². The molecular formula is C9H17NO2. The van der Waals surface area contributed by atoms with Crippen molar-refractivity contribution >= 4 is 0 Å². The molecule has 0 aromatic carbocycles. The maximum atomic E-state index is 8.60. The Morgan fingerprint density at radius 2 is 1.92 bits per heavy atom. The maximum Gasteiger partial charge on any atom is 0.0701 e. The van der Waals surface area contributed by atoms with Gasteiger partial charge in [0.1, 0.15) is 0 Å². The summed E-state index contributed by atoms with van der Waals surface area (Å²) >= 11 is 0. The molecule has 3 heteroatoms. The number of fused-ring (bicyclic) bond motifs is 2. The minimum absolute atomic E-state index is 0.152. The maximum absolute atomic E-state index is 8.60. The molecule has 2 aliphatic rings. The molecule has 0 aromatic heterocycles. The smallest absolute Gasteiger partial charge is 0.0701 e. The van der Waals surface area contributed by atoms with Gasteiger partial charge in [0.2, 0.25) is 0 Å². The van der Waals surface area contributed by atoms with Crippen LogP contribution >= 0.6 is 0 Å². The highest BCUT2D eigenvalue weighted by atomic mass is 16.5. The average Bonchev–Trinajstić information content (AvgIpc) is 2.42. The minimum Gasteiger partial charge on any atom is -0.394 e. The van der Waals surface area contributed by atoms with E-state index in [9.17, 15) is 0 Å². The molecule has 0 radical (unpaired) electrons. The molecule has 0 aromatic rings. The summed E-state index contributed by atoms with van der Waals surface area (Å²) in [6.07, 6.45) is 5.29. The van der Waals surface area contributed by atoms with Crippen LogP contribution in [0.4, 0.5) is 0 Å². The molecular weight excluding hydrogens is 154 g/mol. The average molecular weight is 171 g/mol. The first-order chi connectivity index (χ1) is 5.88. The van der Waals surface area contributed by atoms with Crippen molar-refractivity contribution in [2.45, 2.75) is 43.9 Å². The van der Waals surface area contributed by atoms with Gasteiger partial charge in [-0.05, 0) is 25.7 Å². The second-order valence-electron chi connectivity index (χ2n) is 3.83. The van der Waals surface area contributed by atoms with Crippen molar-refractivity contribution in [1.29, 1.82) is 0 Å². The molecule has 0 amide bonds. The van der Waals surface area contributed by atoms with Gasteiger partial charge < -0.3 is 15.2 Å². The molecule has 3 atom stereocenters. The van der Waals surface area contributed by atoms with Crippen molar-refractivity contribution in [2.24, 2.45) is 0 Å². The molecule has 2 heterocycles. The molecule has 2 fully saturated rings. The number of aliphatic hydroxyl groups excluding tert-OH is 1. The minimum atomic E-state index is 0.152. The van der Waals surface area contributed by atoms with E-state index >= 15 is 0 Å². The summed E-state index contributed by atoms with van der Waals surface area (Å²) < 4.78 is 5.52. The first-order valence-electron chi connectivity index (χ1n) is 4.87. The summed E-state index contributed by atoms with van der Waals surface area (Å²) in [7, 11) is 0. The fourth-order valence-electron chi connectivity index (χ4n) is 2.36. The molecule has 0 aliphatic carbocycles. The van der Waals surface area contributed by atoms with Crippen molar-refractivity contribution in [1.82, 2.24) is 5.32 Å². The summed E-state index contributed by atoms with van der Waals surface area (Å²) in [5, 5.41) is 12.2. The Hall–Kier alpha value is -0.120. The number of rotatable bonds is 3. The third-order valence-electron chi connectivity index (χ3n) is 2.87. The zero-order valence-electron chi connectivity index (χ0n) is 7.33. The SMILES string of the molecule is OCCOC1C[C@H]2CC[C@@H](C1)N2. The van der Waals surface area contributed by atoms with Gasteiger partial charge >= 0.3 is 0 Å². The summed E-state index contributed by atoms with van der Waals surface area (Å²) in [5.41, 5.74) is 0. The topological polar surface area (TPSA) is 41.5 Å². The van der Waals surface area contributed by atoms with Crippen LogP contribution in [-0.2, 0) is 4.74 Å². The van der Waals surface area contributed by atoms with E-state index in [0.29, 0.717) is 24.8 Å². The third kappa shape index (κ3) is 1.79. The first kappa shape index (κ1) is 8.48. The van der Waals surface area contributed by atoms with Crippen LogP contribution in [0.15, 0.2) is 0 Å². The van der Waals surface area contributed by atoms with Crippen LogP contribution in [-0.4, -0.2) is 36.5 Å². The number of aliphatic hydroxyl groups is 1. The van der Waals surface area contributed by atoms with Gasteiger partial charge in [-0.1, -0.05) is 0 Å². The van der Waals surface area contributed by atoms with Gasteiger partial charge in [0.25, 0.3) is 0 Å². The highest BCUT2D eigenvalue weighted by Gasteiger charge is 2.33. The van der Waals surface area contributed by atoms with Gasteiger partial charge in [-0.15, -0.1) is 0 Å². The molecule has 1 unspecified atom stereocenters. The second kappa shape index (κ2) is 3.73. The van der Waals surface area contributed by atoms with Crippen LogP contribution in [0.1, 0.15) is 25.7 Å². The van der Waals surface area contributed by atoms with E-state index in [1.807, 2.05) is 0 Å². The Morgan fingerprint density at radius 1 is 1.25 bits per heavy atom. The number of piperidine rings is 1. The molecule has 2 aliphatic heterocycles. The standard InChI is InChI=1S/C9H17NO2/c11-3-4-12-9-5-7-1-2-8(6-9)10-7/h7-11H,1-6H2/t7-,8+,9?. The molecule has 0 saturated carbocycles. The lowest BCUT2D eigenvalue weighted by Gasteiger charge is -2.28. The van der Waals surface area contributed by atoms with Crippen LogP contribution < -0.4 is 5.32 Å². The second-order valence-corrected chi connectivity index (χ2v) is 3.83. The van der Waals surface area contributed by atoms with Gasteiger partial charge in [-0.3, -0.25) is 0 Å².